The summed E-state index contributed by atoms with van der Waals surface area (Å²) < 4.78 is 88.7. The van der Waals surface area contributed by atoms with E-state index in [1.807, 2.05) is 5.32 Å². The SMILES string of the molecule is O=C(Nc1cccc(C(F)(F)F)c1)Nc1ccc(F)c(C(F)(F)F)c1. The summed E-state index contributed by atoms with van der Waals surface area (Å²) in [6.45, 7) is 0. The van der Waals surface area contributed by atoms with Gasteiger partial charge in [0.05, 0.1) is 11.1 Å². The van der Waals surface area contributed by atoms with Crippen LogP contribution < -0.4 is 10.6 Å². The molecule has 10 heteroatoms. The third-order valence-corrected chi connectivity index (χ3v) is 2.98. The number of urea groups is 1. The molecule has 0 aliphatic heterocycles. The van der Waals surface area contributed by atoms with Crippen molar-refractivity contribution in [3.63, 3.8) is 0 Å². The van der Waals surface area contributed by atoms with Crippen LogP contribution in [0.3, 0.4) is 0 Å². The number of anilines is 2. The van der Waals surface area contributed by atoms with Crippen molar-refractivity contribution < 1.29 is 35.5 Å². The minimum Gasteiger partial charge on any atom is -0.308 e. The van der Waals surface area contributed by atoms with E-state index in [4.69, 9.17) is 0 Å². The number of hydrogen-bond acceptors (Lipinski definition) is 1. The maximum atomic E-state index is 13.2. The van der Waals surface area contributed by atoms with Crippen molar-refractivity contribution in [1.82, 2.24) is 0 Å². The van der Waals surface area contributed by atoms with Gasteiger partial charge in [0, 0.05) is 11.4 Å². The second-order valence-corrected chi connectivity index (χ2v) is 4.85. The molecule has 134 valence electrons. The summed E-state index contributed by atoms with van der Waals surface area (Å²) in [5.41, 5.74) is -3.18. The van der Waals surface area contributed by atoms with Crippen molar-refractivity contribution in [2.24, 2.45) is 0 Å². The molecule has 0 radical (unpaired) electrons. The fourth-order valence-electron chi connectivity index (χ4n) is 1.89. The van der Waals surface area contributed by atoms with E-state index in [0.29, 0.717) is 18.2 Å². The average Bonchev–Trinajstić information content (AvgIpc) is 2.47. The number of halogens is 7. The highest BCUT2D eigenvalue weighted by atomic mass is 19.4. The fourth-order valence-corrected chi connectivity index (χ4v) is 1.89. The second kappa shape index (κ2) is 6.61. The number of nitrogens with one attached hydrogen (secondary N) is 2. The molecule has 0 fully saturated rings. The molecule has 25 heavy (non-hydrogen) atoms. The first-order valence-corrected chi connectivity index (χ1v) is 6.59. The van der Waals surface area contributed by atoms with E-state index in [1.54, 1.807) is 0 Å². The topological polar surface area (TPSA) is 41.1 Å². The van der Waals surface area contributed by atoms with Gasteiger partial charge >= 0.3 is 18.4 Å². The minimum absolute atomic E-state index is 0.217. The largest absolute Gasteiger partial charge is 0.419 e. The van der Waals surface area contributed by atoms with Crippen LogP contribution in [-0.4, -0.2) is 6.03 Å². The average molecular weight is 366 g/mol. The van der Waals surface area contributed by atoms with Crippen LogP contribution in [0.15, 0.2) is 42.5 Å². The van der Waals surface area contributed by atoms with Crippen molar-refractivity contribution >= 4 is 17.4 Å². The zero-order chi connectivity index (χ0) is 18.8. The smallest absolute Gasteiger partial charge is 0.308 e. The summed E-state index contributed by atoms with van der Waals surface area (Å²) in [6.07, 6.45) is -9.58. The summed E-state index contributed by atoms with van der Waals surface area (Å²) in [5.74, 6) is -1.52. The van der Waals surface area contributed by atoms with Crippen LogP contribution in [0.2, 0.25) is 0 Å². The molecule has 0 heterocycles. The molecule has 0 saturated carbocycles. The molecule has 0 unspecified atom stereocenters. The lowest BCUT2D eigenvalue weighted by Crippen LogP contribution is -2.20. The molecule has 0 aliphatic carbocycles. The van der Waals surface area contributed by atoms with Crippen LogP contribution in [0.5, 0.6) is 0 Å². The molecule has 0 spiro atoms. The highest BCUT2D eigenvalue weighted by molar-refractivity contribution is 5.99. The summed E-state index contributed by atoms with van der Waals surface area (Å²) in [4.78, 5) is 11.7. The molecule has 2 aromatic rings. The lowest BCUT2D eigenvalue weighted by atomic mass is 10.2. The van der Waals surface area contributed by atoms with Crippen LogP contribution in [0.25, 0.3) is 0 Å². The fraction of sp³-hybridized carbons (Fsp3) is 0.133. The molecule has 2 amide bonds. The summed E-state index contributed by atoms with van der Waals surface area (Å²) in [5, 5.41) is 4.04. The van der Waals surface area contributed by atoms with Crippen LogP contribution in [0.4, 0.5) is 46.9 Å². The second-order valence-electron chi connectivity index (χ2n) is 4.85. The van der Waals surface area contributed by atoms with Crippen LogP contribution in [-0.2, 0) is 12.4 Å². The van der Waals surface area contributed by atoms with Crippen molar-refractivity contribution in [2.45, 2.75) is 12.4 Å². The lowest BCUT2D eigenvalue weighted by Gasteiger charge is -2.12. The van der Waals surface area contributed by atoms with Gasteiger partial charge in [0.2, 0.25) is 0 Å². The van der Waals surface area contributed by atoms with Gasteiger partial charge in [-0.1, -0.05) is 6.07 Å². The molecular formula is C15H9F7N2O. The molecule has 0 aliphatic rings. The van der Waals surface area contributed by atoms with Crippen LogP contribution in [0, 0.1) is 5.82 Å². The summed E-state index contributed by atoms with van der Waals surface area (Å²) in [7, 11) is 0. The molecule has 2 aromatic carbocycles. The monoisotopic (exact) mass is 366 g/mol. The Balaban J connectivity index is 2.14. The number of benzene rings is 2. The van der Waals surface area contributed by atoms with E-state index >= 15 is 0 Å². The van der Waals surface area contributed by atoms with E-state index in [0.717, 1.165) is 18.2 Å². The first-order valence-electron chi connectivity index (χ1n) is 6.59. The van der Waals surface area contributed by atoms with Crippen LogP contribution >= 0.6 is 0 Å². The van der Waals surface area contributed by atoms with Crippen LogP contribution in [0.1, 0.15) is 11.1 Å². The molecule has 2 rings (SSSR count). The van der Waals surface area contributed by atoms with Gasteiger partial charge in [-0.05, 0) is 36.4 Å². The maximum absolute atomic E-state index is 13.2. The number of alkyl halides is 6. The van der Waals surface area contributed by atoms with E-state index in [-0.39, 0.29) is 11.4 Å². The summed E-state index contributed by atoms with van der Waals surface area (Å²) in [6, 6.07) is 4.36. The van der Waals surface area contributed by atoms with Crippen molar-refractivity contribution in [2.75, 3.05) is 10.6 Å². The van der Waals surface area contributed by atoms with Gasteiger partial charge in [-0.15, -0.1) is 0 Å². The first kappa shape index (κ1) is 18.6. The molecule has 0 aromatic heterocycles. The predicted molar refractivity (Wildman–Crippen MR) is 75.5 cm³/mol. The number of amides is 2. The maximum Gasteiger partial charge on any atom is 0.419 e. The third-order valence-electron chi connectivity index (χ3n) is 2.98. The van der Waals surface area contributed by atoms with E-state index in [1.165, 1.54) is 6.07 Å². The molecule has 3 nitrogen and oxygen atoms in total. The molecule has 0 bridgehead atoms. The standard InChI is InChI=1S/C15H9F7N2O/c16-12-5-4-10(7-11(12)15(20,21)22)24-13(25)23-9-3-1-2-8(6-9)14(17,18)19/h1-7H,(H2,23,24,25). The number of carbonyl (C=O) groups is 1. The van der Waals surface area contributed by atoms with Gasteiger partial charge in [0.1, 0.15) is 5.82 Å². The van der Waals surface area contributed by atoms with E-state index in [2.05, 4.69) is 5.32 Å². The first-order chi connectivity index (χ1) is 11.5. The highest BCUT2D eigenvalue weighted by Gasteiger charge is 2.34. The molecule has 2 N–H and O–H groups in total. The Kier molecular flexibility index (Phi) is 4.91. The predicted octanol–water partition coefficient (Wildman–Crippen LogP) is 5.51. The minimum atomic E-state index is -4.96. The summed E-state index contributed by atoms with van der Waals surface area (Å²) >= 11 is 0. The Hall–Kier alpha value is -2.78. The Morgan fingerprint density at radius 2 is 1.40 bits per heavy atom. The molecule has 0 saturated heterocycles. The van der Waals surface area contributed by atoms with Crippen molar-refractivity contribution in [1.29, 1.82) is 0 Å². The van der Waals surface area contributed by atoms with Gasteiger partial charge in [-0.2, -0.15) is 26.3 Å². The number of carbonyl (C=O) groups excluding carboxylic acids is 1. The Morgan fingerprint density at radius 1 is 0.800 bits per heavy atom. The van der Waals surface area contributed by atoms with Crippen molar-refractivity contribution in [3.05, 3.63) is 59.4 Å². The highest BCUT2D eigenvalue weighted by Crippen LogP contribution is 2.33. The van der Waals surface area contributed by atoms with Gasteiger partial charge in [-0.25, -0.2) is 9.18 Å². The third kappa shape index (κ3) is 4.85. The van der Waals surface area contributed by atoms with Gasteiger partial charge in [0.15, 0.2) is 0 Å². The van der Waals surface area contributed by atoms with E-state index in [9.17, 15) is 35.5 Å². The quantitative estimate of drug-likeness (QED) is 0.677. The molecular weight excluding hydrogens is 357 g/mol. The Labute approximate surface area is 136 Å². The van der Waals surface area contributed by atoms with Gasteiger partial charge < -0.3 is 10.6 Å². The van der Waals surface area contributed by atoms with Gasteiger partial charge in [0.25, 0.3) is 0 Å². The zero-order valence-electron chi connectivity index (χ0n) is 12.1. The number of hydrogen-bond donors (Lipinski definition) is 2. The normalized spacial score (nSPS) is 12.0. The van der Waals surface area contributed by atoms with E-state index < -0.39 is 35.3 Å². The number of rotatable bonds is 2. The Bertz CT molecular complexity index is 784. The van der Waals surface area contributed by atoms with Crippen molar-refractivity contribution in [3.8, 4) is 0 Å². The zero-order valence-corrected chi connectivity index (χ0v) is 12.1. The molecule has 0 atom stereocenters. The Morgan fingerprint density at radius 3 is 1.96 bits per heavy atom. The van der Waals surface area contributed by atoms with Gasteiger partial charge in [-0.3, -0.25) is 0 Å². The lowest BCUT2D eigenvalue weighted by molar-refractivity contribution is -0.140.